The Bertz CT molecular complexity index is 1640. The molecule has 5 rings (SSSR count). The van der Waals surface area contributed by atoms with Crippen molar-refractivity contribution in [3.05, 3.63) is 42.7 Å². The molecule has 45 heavy (non-hydrogen) atoms. The van der Waals surface area contributed by atoms with E-state index in [-0.39, 0.29) is 52.1 Å². The van der Waals surface area contributed by atoms with Crippen LogP contribution in [0.25, 0.3) is 11.2 Å². The zero-order valence-corrected chi connectivity index (χ0v) is 26.9. The summed E-state index contributed by atoms with van der Waals surface area (Å²) in [6, 6.07) is 2.72. The molecule has 240 valence electrons. The van der Waals surface area contributed by atoms with Gasteiger partial charge in [-0.3, -0.25) is 13.7 Å². The number of hydrogen-bond donors (Lipinski definition) is 7. The van der Waals surface area contributed by atoms with Gasteiger partial charge < -0.3 is 60.5 Å². The smallest absolute Gasteiger partial charge is 0.859 e. The van der Waals surface area contributed by atoms with E-state index in [4.69, 9.17) is 20.6 Å². The van der Waals surface area contributed by atoms with Crippen LogP contribution in [0, 0.1) is 5.41 Å². The third kappa shape index (κ3) is 7.77. The van der Waals surface area contributed by atoms with E-state index in [1.54, 1.807) is 0 Å². The quantitative estimate of drug-likeness (QED) is 0.0324. The van der Waals surface area contributed by atoms with Crippen LogP contribution in [0.1, 0.15) is 18.0 Å². The summed E-state index contributed by atoms with van der Waals surface area (Å²) in [5.41, 5.74) is 6.02. The van der Waals surface area contributed by atoms with E-state index in [2.05, 4.69) is 28.3 Å². The van der Waals surface area contributed by atoms with Crippen molar-refractivity contribution in [1.29, 1.82) is 5.41 Å². The molecule has 10 unspecified atom stereocenters. The van der Waals surface area contributed by atoms with Gasteiger partial charge in [-0.15, -0.1) is 0 Å². The molecular formula is C21H26N7NaO14P2. The summed E-state index contributed by atoms with van der Waals surface area (Å²) in [6.45, 7) is -1.90. The summed E-state index contributed by atoms with van der Waals surface area (Å²) in [4.78, 5) is 34.1. The zero-order chi connectivity index (χ0) is 32.0. The molecule has 0 amide bonds. The van der Waals surface area contributed by atoms with Crippen molar-refractivity contribution >= 4 is 38.5 Å². The summed E-state index contributed by atoms with van der Waals surface area (Å²) in [6.07, 6.45) is -7.24. The fourth-order valence-corrected chi connectivity index (χ4v) is 6.61. The van der Waals surface area contributed by atoms with Gasteiger partial charge in [-0.25, -0.2) is 23.8 Å². The minimum Gasteiger partial charge on any atom is -0.859 e. The number of rotatable bonds is 11. The topological polar surface area (TPSA) is 325 Å². The first-order valence-corrected chi connectivity index (χ1v) is 15.5. The second kappa shape index (κ2) is 14.0. The Morgan fingerprint density at radius 1 is 1.07 bits per heavy atom. The maximum atomic E-state index is 12.4. The van der Waals surface area contributed by atoms with E-state index in [1.807, 2.05) is 0 Å². The number of nitrogens with two attached hydrogens (primary N) is 1. The van der Waals surface area contributed by atoms with Crippen LogP contribution < -0.4 is 49.9 Å². The summed E-state index contributed by atoms with van der Waals surface area (Å²) >= 11 is 0. The fraction of sp³-hybridized carbons (Fsp3) is 0.476. The molecule has 8 N–H and O–H groups in total. The molecule has 2 saturated heterocycles. The monoisotopic (exact) mass is 685 g/mol. The van der Waals surface area contributed by atoms with Gasteiger partial charge in [0.25, 0.3) is 14.1 Å². The van der Waals surface area contributed by atoms with Crippen molar-refractivity contribution in [2.45, 2.75) is 49.1 Å². The number of phosphoric ester groups is 2. The summed E-state index contributed by atoms with van der Waals surface area (Å²) in [5.74, 6) is -0.981. The molecule has 0 saturated carbocycles. The molecule has 2 aliphatic rings. The van der Waals surface area contributed by atoms with E-state index < -0.39 is 83.8 Å². The van der Waals surface area contributed by atoms with Crippen LogP contribution in [0.4, 0.5) is 5.82 Å². The largest absolute Gasteiger partial charge is 1.00 e. The standard InChI is InChI=1S/C21H27N7O14P2.Na/c22-17-12-19(25-7-24-17)28(8-26-12)21-16(32)14(30)11(41-21)6-39-44(36,37)42-43(34,35)38-5-10-13(29)15(31)20(40-10)27-3-1-2-9(4-27)18(23)33;/h1-4,7-8,10-11,13-16,20-21,29-32H,5-6H2,(H5-,22,23,24,25,33,34,35,36,37);/q;+1/p-1. The second-order valence-electron chi connectivity index (χ2n) is 9.63. The van der Waals surface area contributed by atoms with E-state index >= 15 is 0 Å². The molecule has 0 aromatic carbocycles. The second-order valence-corrected chi connectivity index (χ2v) is 12.6. The Labute approximate surface area is 274 Å². The minimum atomic E-state index is -5.63. The van der Waals surface area contributed by atoms with Crippen LogP contribution in [0.15, 0.2) is 37.2 Å². The average Bonchev–Trinajstić information content (AvgIpc) is 3.61. The number of nitrogen functional groups attached to an aromatic ring is 1. The SMILES string of the molecule is N=C([O-])c1ccc[n+](C2OC(COP(=O)(O)OP(=O)([O-])OCC3OC(n4cnc5c(N)ncnc54)C(O)C3O)C(O)C2O)c1.[Na+]. The van der Waals surface area contributed by atoms with Gasteiger partial charge in [0.1, 0.15) is 42.4 Å². The number of imidazole rings is 1. The van der Waals surface area contributed by atoms with Gasteiger partial charge >= 0.3 is 37.4 Å². The number of aliphatic hydroxyl groups excluding tert-OH is 4. The van der Waals surface area contributed by atoms with Crippen molar-refractivity contribution in [3.63, 3.8) is 0 Å². The van der Waals surface area contributed by atoms with Crippen LogP contribution >= 0.6 is 15.6 Å². The molecule has 5 heterocycles. The number of pyridine rings is 1. The van der Waals surface area contributed by atoms with Gasteiger partial charge in [0, 0.05) is 11.6 Å². The molecule has 0 radical (unpaired) electrons. The number of anilines is 1. The van der Waals surface area contributed by atoms with Gasteiger partial charge in [-0.05, 0) is 12.0 Å². The predicted octanol–water partition coefficient (Wildman–Crippen LogP) is -7.06. The normalized spacial score (nSPS) is 30.9. The van der Waals surface area contributed by atoms with Crippen LogP contribution in [-0.2, 0) is 32.0 Å². The zero-order valence-electron chi connectivity index (χ0n) is 23.1. The van der Waals surface area contributed by atoms with Crippen molar-refractivity contribution < 1.29 is 101 Å². The number of aliphatic hydroxyl groups is 4. The molecule has 2 aliphatic heterocycles. The van der Waals surface area contributed by atoms with Crippen molar-refractivity contribution in [3.8, 4) is 0 Å². The van der Waals surface area contributed by atoms with E-state index in [9.17, 15) is 44.4 Å². The first-order valence-electron chi connectivity index (χ1n) is 12.5. The Kier molecular flexibility index (Phi) is 11.1. The number of phosphoric acid groups is 2. The molecular weight excluding hydrogens is 659 g/mol. The van der Waals surface area contributed by atoms with Crippen LogP contribution in [-0.4, -0.2) is 101 Å². The number of hydrogen-bond acceptors (Lipinski definition) is 18. The van der Waals surface area contributed by atoms with Crippen molar-refractivity contribution in [2.75, 3.05) is 18.9 Å². The first-order chi connectivity index (χ1) is 20.7. The number of aromatic nitrogens is 5. The molecule has 0 aliphatic carbocycles. The van der Waals surface area contributed by atoms with Gasteiger partial charge in [0.05, 0.1) is 19.5 Å². The number of fused-ring (bicyclic) bond motifs is 1. The Morgan fingerprint density at radius 2 is 1.73 bits per heavy atom. The van der Waals surface area contributed by atoms with Gasteiger partial charge in [-0.2, -0.15) is 4.57 Å². The molecule has 21 nitrogen and oxygen atoms in total. The molecule has 3 aromatic heterocycles. The van der Waals surface area contributed by atoms with Crippen molar-refractivity contribution in [2.24, 2.45) is 0 Å². The maximum Gasteiger partial charge on any atom is 1.00 e. The van der Waals surface area contributed by atoms with Crippen LogP contribution in [0.3, 0.4) is 0 Å². The van der Waals surface area contributed by atoms with E-state index in [0.29, 0.717) is 0 Å². The number of ether oxygens (including phenoxy) is 2. The molecule has 2 fully saturated rings. The van der Waals surface area contributed by atoms with Gasteiger partial charge in [0.15, 0.2) is 36.2 Å². The van der Waals surface area contributed by atoms with Crippen molar-refractivity contribution in [1.82, 2.24) is 19.5 Å². The number of nitrogens with one attached hydrogen (secondary N) is 1. The van der Waals surface area contributed by atoms with E-state index in [0.717, 1.165) is 6.33 Å². The maximum absolute atomic E-state index is 12.4. The third-order valence-corrected chi connectivity index (χ3v) is 9.28. The fourth-order valence-electron chi connectivity index (χ4n) is 4.56. The third-order valence-electron chi connectivity index (χ3n) is 6.72. The Morgan fingerprint density at radius 3 is 2.44 bits per heavy atom. The predicted molar refractivity (Wildman–Crippen MR) is 135 cm³/mol. The first kappa shape index (κ1) is 35.8. The molecule has 10 atom stereocenters. The van der Waals surface area contributed by atoms with Gasteiger partial charge in [0.2, 0.25) is 0 Å². The van der Waals surface area contributed by atoms with Crippen LogP contribution in [0.2, 0.25) is 0 Å². The Balaban J connectivity index is 0.00000461. The summed E-state index contributed by atoms with van der Waals surface area (Å²) in [7, 11) is -11.1. The minimum absolute atomic E-state index is 0. The van der Waals surface area contributed by atoms with Crippen LogP contribution in [0.5, 0.6) is 0 Å². The molecule has 24 heteroatoms. The summed E-state index contributed by atoms with van der Waals surface area (Å²) in [5, 5.41) is 60.0. The molecule has 3 aromatic rings. The molecule has 0 spiro atoms. The van der Waals surface area contributed by atoms with E-state index in [1.165, 1.54) is 40.0 Å². The number of nitrogens with zero attached hydrogens (tertiary/aromatic N) is 5. The average molecular weight is 685 g/mol. The van der Waals surface area contributed by atoms with Gasteiger partial charge in [-0.1, -0.05) is 0 Å². The summed E-state index contributed by atoms with van der Waals surface area (Å²) < 4.78 is 51.4. The molecule has 0 bridgehead atoms. The Hall–Kier alpha value is -2.01.